The summed E-state index contributed by atoms with van der Waals surface area (Å²) in [5, 5.41) is 26.4. The number of hydrogen-bond donors (Lipinski definition) is 6. The van der Waals surface area contributed by atoms with Gasteiger partial charge in [0.2, 0.25) is 11.2 Å². The molecule has 1 unspecified atom stereocenters. The van der Waals surface area contributed by atoms with Gasteiger partial charge in [-0.25, -0.2) is 8.89 Å². The lowest BCUT2D eigenvalue weighted by molar-refractivity contribution is -0.149. The van der Waals surface area contributed by atoms with Gasteiger partial charge in [-0.15, -0.1) is 4.36 Å². The van der Waals surface area contributed by atoms with Crippen LogP contribution in [0.15, 0.2) is 10.6 Å². The van der Waals surface area contributed by atoms with Gasteiger partial charge in [0, 0.05) is 26.3 Å². The number of aromatic nitrogens is 4. The van der Waals surface area contributed by atoms with Gasteiger partial charge < -0.3 is 39.5 Å². The summed E-state index contributed by atoms with van der Waals surface area (Å²) < 4.78 is 47.5. The number of amides is 2. The minimum atomic E-state index is -5.60. The summed E-state index contributed by atoms with van der Waals surface area (Å²) in [6, 6.07) is 0.185. The standard InChI is InChI=1S/C22H33ClN7O11PS/c1-11(31)28-43(3,38)29-20(34)22(10-39-2,42(35,36)37)40-9-14-15(32)16(33)19(41-14)30-18-13(8-24-30)17(26-21(23)27-18)25-12-6-4-5-7-12/h8,12,14-16,19,32-33H,4-7,9-10H2,1-3H3,(H,25,26,27)(H2,35,36,37)(H,28,29,31,34,38)/t14-,15-,16-,19-,22-,43?/m1/s1. The number of halogens is 1. The van der Waals surface area contributed by atoms with Crippen LogP contribution in [-0.2, 0) is 38.3 Å². The van der Waals surface area contributed by atoms with Gasteiger partial charge in [0.15, 0.2) is 11.9 Å². The molecule has 6 atom stereocenters. The lowest BCUT2D eigenvalue weighted by Gasteiger charge is -2.31. The van der Waals surface area contributed by atoms with E-state index < -0.39 is 72.4 Å². The minimum absolute atomic E-state index is 0.109. The zero-order valence-electron chi connectivity index (χ0n) is 23.3. The van der Waals surface area contributed by atoms with E-state index in [9.17, 15) is 38.4 Å². The molecule has 3 heterocycles. The zero-order chi connectivity index (χ0) is 31.7. The van der Waals surface area contributed by atoms with Crippen molar-refractivity contribution in [3.05, 3.63) is 11.5 Å². The third kappa shape index (κ3) is 7.16. The third-order valence-electron chi connectivity index (χ3n) is 6.92. The van der Waals surface area contributed by atoms with Gasteiger partial charge >= 0.3 is 13.5 Å². The predicted octanol–water partition coefficient (Wildman–Crippen LogP) is -0.334. The summed E-state index contributed by atoms with van der Waals surface area (Å²) in [4.78, 5) is 53.1. The summed E-state index contributed by atoms with van der Waals surface area (Å²) in [5.41, 5.74) is 0.173. The largest absolute Gasteiger partial charge is 0.387 e. The van der Waals surface area contributed by atoms with Crippen molar-refractivity contribution >= 4 is 57.8 Å². The van der Waals surface area contributed by atoms with Crippen molar-refractivity contribution < 1.29 is 52.6 Å². The Balaban J connectivity index is 1.60. The molecular formula is C22H33ClN7O11PS. The van der Waals surface area contributed by atoms with E-state index in [-0.39, 0.29) is 17.0 Å². The highest BCUT2D eigenvalue weighted by atomic mass is 35.5. The van der Waals surface area contributed by atoms with Crippen LogP contribution < -0.4 is 10.0 Å². The van der Waals surface area contributed by atoms with Gasteiger partial charge in [0.25, 0.3) is 5.34 Å². The highest BCUT2D eigenvalue weighted by molar-refractivity contribution is 7.91. The van der Waals surface area contributed by atoms with Crippen LogP contribution >= 0.6 is 19.2 Å². The Morgan fingerprint density at radius 1 is 1.28 bits per heavy atom. The van der Waals surface area contributed by atoms with Crippen molar-refractivity contribution in [2.45, 2.75) is 68.5 Å². The molecule has 2 amide bonds. The molecular weight excluding hydrogens is 637 g/mol. The van der Waals surface area contributed by atoms with Crippen molar-refractivity contribution in [3.63, 3.8) is 0 Å². The Kier molecular flexibility index (Phi) is 10.1. The first-order valence-electron chi connectivity index (χ1n) is 13.0. The predicted molar refractivity (Wildman–Crippen MR) is 150 cm³/mol. The van der Waals surface area contributed by atoms with E-state index in [1.165, 1.54) is 10.9 Å². The number of rotatable bonds is 11. The second kappa shape index (κ2) is 13.0. The Bertz CT molecular complexity index is 1540. The molecule has 18 nitrogen and oxygen atoms in total. The number of anilines is 1. The monoisotopic (exact) mass is 669 g/mol. The van der Waals surface area contributed by atoms with E-state index >= 15 is 0 Å². The van der Waals surface area contributed by atoms with Crippen molar-refractivity contribution in [2.24, 2.45) is 4.36 Å². The molecule has 2 aliphatic rings. The van der Waals surface area contributed by atoms with Crippen LogP contribution in [0.2, 0.25) is 5.28 Å². The first-order chi connectivity index (χ1) is 20.1. The van der Waals surface area contributed by atoms with E-state index in [2.05, 4.69) is 24.7 Å². The maximum atomic E-state index is 13.0. The highest BCUT2D eigenvalue weighted by Crippen LogP contribution is 2.53. The van der Waals surface area contributed by atoms with Gasteiger partial charge in [-0.05, 0) is 24.4 Å². The van der Waals surface area contributed by atoms with Crippen LogP contribution in [0.5, 0.6) is 0 Å². The summed E-state index contributed by atoms with van der Waals surface area (Å²) in [5.74, 6) is -2.08. The van der Waals surface area contributed by atoms with Crippen LogP contribution in [0.1, 0.15) is 38.8 Å². The molecule has 4 rings (SSSR count). The Hall–Kier alpha value is -2.32. The fourth-order valence-corrected chi connectivity index (χ4v) is 7.03. The normalized spacial score (nSPS) is 25.8. The SMILES string of the molecule is COC[C@](OC[C@H]1O[C@@H](n2ncc3c(NC4CCCC4)nc(Cl)nc32)[C@H](O)[C@@H]1O)(C(=O)N=S(C)(=O)NC(C)=O)P(=O)(O)O. The van der Waals surface area contributed by atoms with Crippen LogP contribution in [0, 0.1) is 0 Å². The Labute approximate surface area is 250 Å². The van der Waals surface area contributed by atoms with Crippen LogP contribution in [0.3, 0.4) is 0 Å². The van der Waals surface area contributed by atoms with Crippen LogP contribution in [0.25, 0.3) is 11.0 Å². The van der Waals surface area contributed by atoms with E-state index in [0.29, 0.717) is 11.2 Å². The van der Waals surface area contributed by atoms with Crippen molar-refractivity contribution in [1.82, 2.24) is 24.5 Å². The topological polar surface area (TPSA) is 257 Å². The minimum Gasteiger partial charge on any atom is -0.387 e. The number of ether oxygens (including phenoxy) is 3. The molecule has 1 saturated heterocycles. The zero-order valence-corrected chi connectivity index (χ0v) is 25.8. The molecule has 1 aliphatic heterocycles. The first-order valence-corrected chi connectivity index (χ1v) is 16.9. The average Bonchev–Trinajstić information content (AvgIpc) is 3.61. The van der Waals surface area contributed by atoms with Crippen LogP contribution in [0.4, 0.5) is 5.82 Å². The summed E-state index contributed by atoms with van der Waals surface area (Å²) in [6.45, 7) is -0.930. The molecule has 21 heteroatoms. The highest BCUT2D eigenvalue weighted by Gasteiger charge is 2.57. The summed E-state index contributed by atoms with van der Waals surface area (Å²) in [7, 11) is -8.36. The number of carbonyl (C=O) groups excluding carboxylic acids is 2. The first kappa shape index (κ1) is 33.6. The summed E-state index contributed by atoms with van der Waals surface area (Å²) in [6.07, 6.45) is 0.176. The second-order valence-electron chi connectivity index (χ2n) is 10.3. The molecule has 2 aromatic heterocycles. The van der Waals surface area contributed by atoms with Crippen LogP contribution in [-0.4, -0.2) is 112 Å². The Morgan fingerprint density at radius 2 is 1.95 bits per heavy atom. The van der Waals surface area contributed by atoms with E-state index in [0.717, 1.165) is 46.0 Å². The number of hydrogen-bond acceptors (Lipinski definition) is 13. The molecule has 1 aliphatic carbocycles. The van der Waals surface area contributed by atoms with Gasteiger partial charge in [-0.3, -0.25) is 18.9 Å². The fourth-order valence-electron chi connectivity index (χ4n) is 4.92. The van der Waals surface area contributed by atoms with Gasteiger partial charge in [0.05, 0.1) is 24.8 Å². The van der Waals surface area contributed by atoms with Crippen molar-refractivity contribution in [1.29, 1.82) is 0 Å². The number of aliphatic hydroxyl groups excluding tert-OH is 2. The van der Waals surface area contributed by atoms with Gasteiger partial charge in [-0.2, -0.15) is 15.1 Å². The molecule has 0 radical (unpaired) electrons. The average molecular weight is 670 g/mol. The number of fused-ring (bicyclic) bond motifs is 1. The quantitative estimate of drug-likeness (QED) is 0.132. The molecule has 2 fully saturated rings. The smallest absolute Gasteiger partial charge is 0.369 e. The number of methoxy groups -OCH3 is 1. The van der Waals surface area contributed by atoms with Crippen molar-refractivity contribution in [3.8, 4) is 0 Å². The molecule has 43 heavy (non-hydrogen) atoms. The number of aliphatic hydroxyl groups is 2. The summed E-state index contributed by atoms with van der Waals surface area (Å²) >= 11 is 6.17. The Morgan fingerprint density at radius 3 is 2.56 bits per heavy atom. The molecule has 1 saturated carbocycles. The molecule has 0 spiro atoms. The fraction of sp³-hybridized carbons (Fsp3) is 0.682. The number of carbonyl (C=O) groups is 2. The molecule has 240 valence electrons. The lowest BCUT2D eigenvalue weighted by Crippen LogP contribution is -2.48. The second-order valence-corrected chi connectivity index (χ2v) is 14.4. The lowest BCUT2D eigenvalue weighted by atomic mass is 10.1. The van der Waals surface area contributed by atoms with E-state index in [1.807, 2.05) is 4.72 Å². The number of nitrogens with zero attached hydrogens (tertiary/aromatic N) is 5. The molecule has 0 bridgehead atoms. The van der Waals surface area contributed by atoms with Gasteiger partial charge in [-0.1, -0.05) is 12.8 Å². The maximum absolute atomic E-state index is 13.0. The third-order valence-corrected chi connectivity index (χ3v) is 9.66. The van der Waals surface area contributed by atoms with E-state index in [1.54, 1.807) is 0 Å². The molecule has 2 aromatic rings. The molecule has 0 aromatic carbocycles. The number of nitrogens with one attached hydrogen (secondary N) is 2. The maximum Gasteiger partial charge on any atom is 0.369 e. The molecule has 6 N–H and O–H groups in total. The van der Waals surface area contributed by atoms with Crippen molar-refractivity contribution in [2.75, 3.05) is 31.9 Å². The van der Waals surface area contributed by atoms with E-state index in [4.69, 9.17) is 25.8 Å². The van der Waals surface area contributed by atoms with Gasteiger partial charge in [0.1, 0.15) is 34.0 Å².